The zero-order chi connectivity index (χ0) is 20.1. The fraction of sp³-hybridized carbons (Fsp3) is 0.524. The molecule has 152 valence electrons. The van der Waals surface area contributed by atoms with E-state index in [4.69, 9.17) is 9.26 Å². The second-order valence-corrected chi connectivity index (χ2v) is 7.24. The van der Waals surface area contributed by atoms with E-state index >= 15 is 0 Å². The first-order valence-corrected chi connectivity index (χ1v) is 9.80. The van der Waals surface area contributed by atoms with E-state index in [9.17, 15) is 0 Å². The summed E-state index contributed by atoms with van der Waals surface area (Å²) >= 11 is 0. The van der Waals surface area contributed by atoms with E-state index in [1.807, 2.05) is 33.0 Å². The van der Waals surface area contributed by atoms with Gasteiger partial charge in [0.15, 0.2) is 5.96 Å². The molecule has 0 saturated carbocycles. The number of nitrogens with one attached hydrogen (secondary N) is 1. The maximum atomic E-state index is 5.35. The number of anilines is 1. The number of aliphatic imine (C=N–C) groups is 1. The molecule has 1 unspecified atom stereocenters. The predicted molar refractivity (Wildman–Crippen MR) is 113 cm³/mol. The third-order valence-corrected chi connectivity index (χ3v) is 5.36. The third kappa shape index (κ3) is 4.40. The molecule has 0 amide bonds. The standard InChI is InChI=1S/C21H31N5O2/c1-15(20-16(2)24-28-17(20)3)14-23-21(22-4)26-11-9-25(10-12-26)18-7-6-8-19(13-18)27-5/h6-8,13,15H,9-12,14H2,1-5H3,(H,22,23). The molecule has 1 atom stereocenters. The molecule has 2 aromatic rings. The number of aryl methyl sites for hydroxylation is 2. The number of rotatable bonds is 5. The molecule has 0 bridgehead atoms. The molecule has 1 fully saturated rings. The Morgan fingerprint density at radius 2 is 2.04 bits per heavy atom. The molecule has 0 radical (unpaired) electrons. The Labute approximate surface area is 167 Å². The Bertz CT molecular complexity index is 789. The van der Waals surface area contributed by atoms with Crippen LogP contribution < -0.4 is 15.0 Å². The Morgan fingerprint density at radius 3 is 2.64 bits per heavy atom. The predicted octanol–water partition coefficient (Wildman–Crippen LogP) is 2.80. The van der Waals surface area contributed by atoms with Gasteiger partial charge >= 0.3 is 0 Å². The minimum absolute atomic E-state index is 0.307. The molecular formula is C21H31N5O2. The van der Waals surface area contributed by atoms with Crippen LogP contribution in [0.15, 0.2) is 33.8 Å². The molecule has 1 saturated heterocycles. The minimum Gasteiger partial charge on any atom is -0.497 e. The summed E-state index contributed by atoms with van der Waals surface area (Å²) in [6.07, 6.45) is 0. The fourth-order valence-corrected chi connectivity index (χ4v) is 3.86. The number of piperazine rings is 1. The van der Waals surface area contributed by atoms with Crippen LogP contribution in [-0.2, 0) is 0 Å². The SMILES string of the molecule is CN=C(NCC(C)c1c(C)noc1C)N1CCN(c2cccc(OC)c2)CC1. The minimum atomic E-state index is 0.307. The highest BCUT2D eigenvalue weighted by Gasteiger charge is 2.22. The Balaban J connectivity index is 1.55. The van der Waals surface area contributed by atoms with Crippen molar-refractivity contribution in [2.24, 2.45) is 4.99 Å². The number of benzene rings is 1. The molecule has 1 aliphatic heterocycles. The molecule has 7 nitrogen and oxygen atoms in total. The van der Waals surface area contributed by atoms with E-state index in [2.05, 4.69) is 44.3 Å². The summed E-state index contributed by atoms with van der Waals surface area (Å²) < 4.78 is 10.7. The summed E-state index contributed by atoms with van der Waals surface area (Å²) in [5.41, 5.74) is 3.36. The van der Waals surface area contributed by atoms with Crippen molar-refractivity contribution in [1.82, 2.24) is 15.4 Å². The van der Waals surface area contributed by atoms with Gasteiger partial charge in [0.25, 0.3) is 0 Å². The molecule has 0 spiro atoms. The van der Waals surface area contributed by atoms with Crippen molar-refractivity contribution in [3.05, 3.63) is 41.3 Å². The Kier molecular flexibility index (Phi) is 6.44. The Morgan fingerprint density at radius 1 is 1.29 bits per heavy atom. The number of aromatic nitrogens is 1. The van der Waals surface area contributed by atoms with Gasteiger partial charge < -0.3 is 24.4 Å². The largest absolute Gasteiger partial charge is 0.497 e. The summed E-state index contributed by atoms with van der Waals surface area (Å²) in [6.45, 7) is 10.7. The van der Waals surface area contributed by atoms with Gasteiger partial charge in [-0.1, -0.05) is 18.1 Å². The van der Waals surface area contributed by atoms with E-state index in [1.165, 1.54) is 11.3 Å². The zero-order valence-electron chi connectivity index (χ0n) is 17.5. The van der Waals surface area contributed by atoms with Gasteiger partial charge in [0.05, 0.1) is 12.8 Å². The number of hydrogen-bond acceptors (Lipinski definition) is 5. The molecule has 7 heteroatoms. The summed E-state index contributed by atoms with van der Waals surface area (Å²) in [7, 11) is 3.55. The van der Waals surface area contributed by atoms with Crippen LogP contribution in [0.2, 0.25) is 0 Å². The van der Waals surface area contributed by atoms with Crippen molar-refractivity contribution in [2.45, 2.75) is 26.7 Å². The summed E-state index contributed by atoms with van der Waals surface area (Å²) in [5.74, 6) is 3.05. The van der Waals surface area contributed by atoms with Crippen molar-refractivity contribution < 1.29 is 9.26 Å². The van der Waals surface area contributed by atoms with Crippen LogP contribution in [0.4, 0.5) is 5.69 Å². The molecule has 1 aliphatic rings. The van der Waals surface area contributed by atoms with Crippen molar-refractivity contribution in [3.63, 3.8) is 0 Å². The highest BCUT2D eigenvalue weighted by Crippen LogP contribution is 2.23. The topological polar surface area (TPSA) is 66.1 Å². The third-order valence-electron chi connectivity index (χ3n) is 5.36. The van der Waals surface area contributed by atoms with Gasteiger partial charge in [0.1, 0.15) is 11.5 Å². The van der Waals surface area contributed by atoms with Gasteiger partial charge in [0.2, 0.25) is 0 Å². The number of guanidine groups is 1. The summed E-state index contributed by atoms with van der Waals surface area (Å²) in [4.78, 5) is 9.19. The van der Waals surface area contributed by atoms with Gasteiger partial charge in [-0.25, -0.2) is 0 Å². The van der Waals surface area contributed by atoms with E-state index in [0.29, 0.717) is 5.92 Å². The van der Waals surface area contributed by atoms with E-state index in [-0.39, 0.29) is 0 Å². The lowest BCUT2D eigenvalue weighted by Crippen LogP contribution is -2.53. The van der Waals surface area contributed by atoms with Gasteiger partial charge in [-0.3, -0.25) is 4.99 Å². The number of nitrogens with zero attached hydrogens (tertiary/aromatic N) is 4. The molecule has 2 heterocycles. The van der Waals surface area contributed by atoms with Crippen LogP contribution in [0.25, 0.3) is 0 Å². The molecule has 0 aliphatic carbocycles. The molecule has 1 aromatic heterocycles. The molecule has 1 aromatic carbocycles. The van der Waals surface area contributed by atoms with Gasteiger partial charge in [0, 0.05) is 63.0 Å². The highest BCUT2D eigenvalue weighted by atomic mass is 16.5. The monoisotopic (exact) mass is 385 g/mol. The maximum absolute atomic E-state index is 5.35. The van der Waals surface area contributed by atoms with Crippen molar-refractivity contribution >= 4 is 11.6 Å². The van der Waals surface area contributed by atoms with Crippen LogP contribution >= 0.6 is 0 Å². The van der Waals surface area contributed by atoms with Gasteiger partial charge in [-0.15, -0.1) is 0 Å². The number of hydrogen-bond donors (Lipinski definition) is 1. The van der Waals surface area contributed by atoms with Crippen LogP contribution in [0, 0.1) is 13.8 Å². The second-order valence-electron chi connectivity index (χ2n) is 7.24. The van der Waals surface area contributed by atoms with Crippen LogP contribution in [0.1, 0.15) is 29.9 Å². The van der Waals surface area contributed by atoms with Gasteiger partial charge in [-0.2, -0.15) is 0 Å². The first-order valence-electron chi connectivity index (χ1n) is 9.80. The van der Waals surface area contributed by atoms with Crippen molar-refractivity contribution in [1.29, 1.82) is 0 Å². The molecule has 28 heavy (non-hydrogen) atoms. The van der Waals surface area contributed by atoms with E-state index < -0.39 is 0 Å². The zero-order valence-corrected chi connectivity index (χ0v) is 17.5. The lowest BCUT2D eigenvalue weighted by molar-refractivity contribution is 0.370. The summed E-state index contributed by atoms with van der Waals surface area (Å²) in [6, 6.07) is 8.24. The molecule has 1 N–H and O–H groups in total. The van der Waals surface area contributed by atoms with Crippen LogP contribution in [0.3, 0.4) is 0 Å². The van der Waals surface area contributed by atoms with E-state index in [0.717, 1.165) is 55.9 Å². The number of methoxy groups -OCH3 is 1. The second kappa shape index (κ2) is 8.99. The normalized spacial score (nSPS) is 16.2. The average molecular weight is 386 g/mol. The maximum Gasteiger partial charge on any atom is 0.193 e. The molecular weight excluding hydrogens is 354 g/mol. The smallest absolute Gasteiger partial charge is 0.193 e. The molecule has 3 rings (SSSR count). The lowest BCUT2D eigenvalue weighted by atomic mass is 10.00. The number of ether oxygens (including phenoxy) is 1. The average Bonchev–Trinajstić information content (AvgIpc) is 3.07. The van der Waals surface area contributed by atoms with Gasteiger partial charge in [-0.05, 0) is 26.0 Å². The fourth-order valence-electron chi connectivity index (χ4n) is 3.86. The first-order chi connectivity index (χ1) is 13.5. The Hall–Kier alpha value is -2.70. The van der Waals surface area contributed by atoms with E-state index in [1.54, 1.807) is 7.11 Å². The first kappa shape index (κ1) is 20.0. The summed E-state index contributed by atoms with van der Waals surface area (Å²) in [5, 5.41) is 7.59. The van der Waals surface area contributed by atoms with Crippen LogP contribution in [0.5, 0.6) is 5.75 Å². The lowest BCUT2D eigenvalue weighted by Gasteiger charge is -2.38. The van der Waals surface area contributed by atoms with Crippen molar-refractivity contribution in [3.8, 4) is 5.75 Å². The highest BCUT2D eigenvalue weighted by molar-refractivity contribution is 5.80. The van der Waals surface area contributed by atoms with Crippen molar-refractivity contribution in [2.75, 3.05) is 51.8 Å². The van der Waals surface area contributed by atoms with Crippen LogP contribution in [-0.4, -0.2) is 62.9 Å². The quantitative estimate of drug-likeness (QED) is 0.631.